The predicted octanol–water partition coefficient (Wildman–Crippen LogP) is 3.16. The number of nitrogens with two attached hydrogens (primary N) is 1. The monoisotopic (exact) mass is 281 g/mol. The van der Waals surface area contributed by atoms with Crippen molar-refractivity contribution in [3.63, 3.8) is 0 Å². The molecule has 0 aliphatic rings. The lowest BCUT2D eigenvalue weighted by Gasteiger charge is -2.15. The lowest BCUT2D eigenvalue weighted by Crippen LogP contribution is -2.12. The third kappa shape index (κ3) is 5.80. The highest BCUT2D eigenvalue weighted by Crippen LogP contribution is 2.28. The molecule has 0 amide bonds. The normalized spacial score (nSPS) is 12.5. The topological polar surface area (TPSA) is 53.7 Å². The van der Waals surface area contributed by atoms with Crippen LogP contribution in [0.5, 0.6) is 11.5 Å². The second-order valence-electron chi connectivity index (χ2n) is 5.34. The number of hydrogen-bond donors (Lipinski definition) is 1. The molecule has 0 saturated carbocycles. The smallest absolute Gasteiger partial charge is 0.127 e. The van der Waals surface area contributed by atoms with Gasteiger partial charge in [-0.15, -0.1) is 0 Å². The summed E-state index contributed by atoms with van der Waals surface area (Å²) in [7, 11) is 1.64. The van der Waals surface area contributed by atoms with E-state index in [0.29, 0.717) is 19.1 Å². The quantitative estimate of drug-likeness (QED) is 0.706. The van der Waals surface area contributed by atoms with E-state index in [-0.39, 0.29) is 6.04 Å². The van der Waals surface area contributed by atoms with Crippen LogP contribution in [0, 0.1) is 5.92 Å². The molecule has 1 rings (SSSR count). The van der Waals surface area contributed by atoms with Gasteiger partial charge in [0.15, 0.2) is 0 Å². The first-order chi connectivity index (χ1) is 9.54. The molecular weight excluding hydrogens is 254 g/mol. The fraction of sp³-hybridized carbons (Fsp3) is 0.625. The van der Waals surface area contributed by atoms with E-state index in [1.807, 2.05) is 25.1 Å². The molecule has 0 aromatic heterocycles. The molecule has 4 heteroatoms. The predicted molar refractivity (Wildman–Crippen MR) is 81.4 cm³/mol. The average molecular weight is 281 g/mol. The van der Waals surface area contributed by atoms with Crippen LogP contribution in [-0.2, 0) is 4.74 Å². The van der Waals surface area contributed by atoms with Gasteiger partial charge in [-0.3, -0.25) is 0 Å². The molecule has 0 spiro atoms. The van der Waals surface area contributed by atoms with Gasteiger partial charge < -0.3 is 19.9 Å². The Kier molecular flexibility index (Phi) is 7.41. The van der Waals surface area contributed by atoms with E-state index in [1.54, 1.807) is 7.11 Å². The van der Waals surface area contributed by atoms with E-state index in [4.69, 9.17) is 19.9 Å². The van der Waals surface area contributed by atoms with Gasteiger partial charge in [-0.05, 0) is 25.3 Å². The Morgan fingerprint density at radius 3 is 2.45 bits per heavy atom. The Bertz CT molecular complexity index is 391. The Balaban J connectivity index is 2.45. The molecular formula is C16H27NO3. The van der Waals surface area contributed by atoms with Gasteiger partial charge in [0.1, 0.15) is 18.1 Å². The number of methoxy groups -OCH3 is 1. The maximum atomic E-state index is 5.94. The van der Waals surface area contributed by atoms with Crippen LogP contribution in [0.25, 0.3) is 0 Å². The summed E-state index contributed by atoms with van der Waals surface area (Å²) in [6.07, 6.45) is 1.07. The zero-order valence-electron chi connectivity index (χ0n) is 13.0. The van der Waals surface area contributed by atoms with Crippen LogP contribution in [0.3, 0.4) is 0 Å². The number of rotatable bonds is 9. The van der Waals surface area contributed by atoms with E-state index in [2.05, 4.69) is 13.8 Å². The zero-order chi connectivity index (χ0) is 15.0. The van der Waals surface area contributed by atoms with Gasteiger partial charge in [0, 0.05) is 24.3 Å². The summed E-state index contributed by atoms with van der Waals surface area (Å²) in [5.74, 6) is 2.20. The van der Waals surface area contributed by atoms with E-state index in [9.17, 15) is 0 Å². The van der Waals surface area contributed by atoms with Crippen molar-refractivity contribution in [2.75, 3.05) is 26.9 Å². The molecule has 0 radical (unpaired) electrons. The van der Waals surface area contributed by atoms with Crippen LogP contribution in [-0.4, -0.2) is 26.9 Å². The highest BCUT2D eigenvalue weighted by Gasteiger charge is 2.09. The van der Waals surface area contributed by atoms with Crippen LogP contribution in [0.4, 0.5) is 0 Å². The summed E-state index contributed by atoms with van der Waals surface area (Å²) >= 11 is 0. The van der Waals surface area contributed by atoms with Crippen LogP contribution < -0.4 is 15.2 Å². The number of hydrogen-bond acceptors (Lipinski definition) is 4. The van der Waals surface area contributed by atoms with Gasteiger partial charge in [0.2, 0.25) is 0 Å². The van der Waals surface area contributed by atoms with Crippen LogP contribution in [0.1, 0.15) is 38.8 Å². The van der Waals surface area contributed by atoms with Crippen molar-refractivity contribution in [1.29, 1.82) is 0 Å². The summed E-state index contributed by atoms with van der Waals surface area (Å²) in [6.45, 7) is 8.19. The third-order valence-electron chi connectivity index (χ3n) is 3.04. The molecule has 1 aromatic carbocycles. The van der Waals surface area contributed by atoms with E-state index in [1.165, 1.54) is 0 Å². The number of benzene rings is 1. The maximum Gasteiger partial charge on any atom is 0.127 e. The van der Waals surface area contributed by atoms with Gasteiger partial charge in [0.05, 0.1) is 13.7 Å². The van der Waals surface area contributed by atoms with Gasteiger partial charge >= 0.3 is 0 Å². The second-order valence-corrected chi connectivity index (χ2v) is 5.34. The highest BCUT2D eigenvalue weighted by molar-refractivity contribution is 5.42. The van der Waals surface area contributed by atoms with Crippen molar-refractivity contribution in [1.82, 2.24) is 0 Å². The molecule has 114 valence electrons. The maximum absolute atomic E-state index is 5.94. The molecule has 0 bridgehead atoms. The van der Waals surface area contributed by atoms with Crippen molar-refractivity contribution in [2.45, 2.75) is 33.2 Å². The minimum Gasteiger partial charge on any atom is -0.497 e. The van der Waals surface area contributed by atoms with Gasteiger partial charge in [-0.2, -0.15) is 0 Å². The van der Waals surface area contributed by atoms with E-state index < -0.39 is 0 Å². The molecule has 0 aliphatic heterocycles. The van der Waals surface area contributed by atoms with Crippen molar-refractivity contribution in [3.8, 4) is 11.5 Å². The summed E-state index contributed by atoms with van der Waals surface area (Å²) in [4.78, 5) is 0. The molecule has 2 N–H and O–H groups in total. The van der Waals surface area contributed by atoms with Crippen LogP contribution >= 0.6 is 0 Å². The molecule has 0 unspecified atom stereocenters. The molecule has 1 atom stereocenters. The van der Waals surface area contributed by atoms with Crippen molar-refractivity contribution in [2.24, 2.45) is 11.7 Å². The highest BCUT2D eigenvalue weighted by atomic mass is 16.5. The van der Waals surface area contributed by atoms with Crippen LogP contribution in [0.15, 0.2) is 18.2 Å². The Morgan fingerprint density at radius 2 is 1.85 bits per heavy atom. The molecule has 0 heterocycles. The van der Waals surface area contributed by atoms with Gasteiger partial charge in [0.25, 0.3) is 0 Å². The Hall–Kier alpha value is -1.26. The first-order valence-corrected chi connectivity index (χ1v) is 7.18. The van der Waals surface area contributed by atoms with Crippen LogP contribution in [0.2, 0.25) is 0 Å². The van der Waals surface area contributed by atoms with E-state index in [0.717, 1.165) is 30.1 Å². The molecule has 1 aromatic rings. The Labute approximate surface area is 122 Å². The largest absolute Gasteiger partial charge is 0.497 e. The summed E-state index contributed by atoms with van der Waals surface area (Å²) in [5, 5.41) is 0. The summed E-state index contributed by atoms with van der Waals surface area (Å²) in [6, 6.07) is 5.63. The van der Waals surface area contributed by atoms with Crippen molar-refractivity contribution in [3.05, 3.63) is 23.8 Å². The lowest BCUT2D eigenvalue weighted by molar-refractivity contribution is 0.0921. The molecule has 0 fully saturated rings. The number of ether oxygens (including phenoxy) is 3. The summed E-state index contributed by atoms with van der Waals surface area (Å²) < 4.78 is 16.5. The first kappa shape index (κ1) is 16.8. The third-order valence-corrected chi connectivity index (χ3v) is 3.04. The molecule has 4 nitrogen and oxygen atoms in total. The summed E-state index contributed by atoms with van der Waals surface area (Å²) in [5.41, 5.74) is 6.92. The fourth-order valence-electron chi connectivity index (χ4n) is 1.77. The lowest BCUT2D eigenvalue weighted by atomic mass is 10.1. The molecule has 0 aliphatic carbocycles. The van der Waals surface area contributed by atoms with E-state index >= 15 is 0 Å². The van der Waals surface area contributed by atoms with Crippen molar-refractivity contribution < 1.29 is 14.2 Å². The second kappa shape index (κ2) is 8.82. The first-order valence-electron chi connectivity index (χ1n) is 7.18. The SMILES string of the molecule is COc1ccc([C@H](C)N)c(OCCOCCC(C)C)c1. The van der Waals surface area contributed by atoms with Gasteiger partial charge in [-0.1, -0.05) is 19.9 Å². The van der Waals surface area contributed by atoms with Crippen molar-refractivity contribution >= 4 is 0 Å². The fourth-order valence-corrected chi connectivity index (χ4v) is 1.77. The minimum absolute atomic E-state index is 0.0715. The average Bonchev–Trinajstić information content (AvgIpc) is 2.41. The molecule has 0 saturated heterocycles. The standard InChI is InChI=1S/C16H27NO3/c1-12(2)7-8-19-9-10-20-16-11-14(18-4)5-6-15(16)13(3)17/h5-6,11-13H,7-10,17H2,1-4H3/t13-/m0/s1. The van der Waals surface area contributed by atoms with Gasteiger partial charge in [-0.25, -0.2) is 0 Å². The minimum atomic E-state index is -0.0715. The zero-order valence-corrected chi connectivity index (χ0v) is 13.0. The molecule has 20 heavy (non-hydrogen) atoms. The Morgan fingerprint density at radius 1 is 1.10 bits per heavy atom.